The van der Waals surface area contributed by atoms with E-state index in [-0.39, 0.29) is 18.7 Å². The number of nitrogens with zero attached hydrogens (tertiary/aromatic N) is 3. The molecule has 194 valence electrons. The normalized spacial score (nSPS) is 11.5. The summed E-state index contributed by atoms with van der Waals surface area (Å²) in [7, 11) is 1.40. The lowest BCUT2D eigenvalue weighted by atomic mass is 10.0. The van der Waals surface area contributed by atoms with Crippen LogP contribution >= 0.6 is 0 Å². The van der Waals surface area contributed by atoms with Gasteiger partial charge in [-0.3, -0.25) is 4.79 Å². The van der Waals surface area contributed by atoms with E-state index in [9.17, 15) is 22.4 Å². The highest BCUT2D eigenvalue weighted by atomic mass is 19.4. The highest BCUT2D eigenvalue weighted by molar-refractivity contribution is 5.95. The Morgan fingerprint density at radius 2 is 1.92 bits per heavy atom. The van der Waals surface area contributed by atoms with E-state index in [2.05, 4.69) is 20.7 Å². The fraction of sp³-hybridized carbons (Fsp3) is 0.240. The van der Waals surface area contributed by atoms with Crippen molar-refractivity contribution in [3.63, 3.8) is 0 Å². The quantitative estimate of drug-likeness (QED) is 0.202. The molecule has 4 rings (SSSR count). The molecule has 1 amide bonds. The first-order chi connectivity index (χ1) is 17.6. The SMILES string of the molecule is COc1cc(F)ccc1Nc1cc(NCCCC(F)(F)F)c2ncc(-c3ccc(C(N)=O)c(C)c3)n2n1. The number of aryl methyl sites for hydroxylation is 1. The second-order valence-corrected chi connectivity index (χ2v) is 8.33. The molecule has 12 heteroatoms. The van der Waals surface area contributed by atoms with E-state index in [1.54, 1.807) is 37.4 Å². The van der Waals surface area contributed by atoms with Gasteiger partial charge in [0.15, 0.2) is 11.5 Å². The first kappa shape index (κ1) is 25.7. The molecule has 0 bridgehead atoms. The zero-order valence-electron chi connectivity index (χ0n) is 20.0. The Labute approximate surface area is 209 Å². The van der Waals surface area contributed by atoms with Crippen molar-refractivity contribution in [1.82, 2.24) is 14.6 Å². The van der Waals surface area contributed by atoms with Crippen molar-refractivity contribution >= 4 is 28.7 Å². The molecule has 2 aromatic carbocycles. The van der Waals surface area contributed by atoms with Gasteiger partial charge in [-0.05, 0) is 43.2 Å². The minimum Gasteiger partial charge on any atom is -0.494 e. The van der Waals surface area contributed by atoms with Crippen LogP contribution in [0.5, 0.6) is 5.75 Å². The molecule has 0 radical (unpaired) electrons. The Bertz CT molecular complexity index is 1450. The summed E-state index contributed by atoms with van der Waals surface area (Å²) < 4.78 is 58.3. The van der Waals surface area contributed by atoms with E-state index in [0.717, 1.165) is 0 Å². The maximum absolute atomic E-state index is 13.7. The molecule has 0 atom stereocenters. The topological polar surface area (TPSA) is 107 Å². The molecule has 0 spiro atoms. The average Bonchev–Trinajstić information content (AvgIpc) is 3.26. The average molecular weight is 516 g/mol. The van der Waals surface area contributed by atoms with Gasteiger partial charge in [-0.1, -0.05) is 6.07 Å². The third-order valence-corrected chi connectivity index (χ3v) is 5.63. The predicted molar refractivity (Wildman–Crippen MR) is 132 cm³/mol. The Morgan fingerprint density at radius 1 is 1.14 bits per heavy atom. The van der Waals surface area contributed by atoms with Crippen LogP contribution in [0.4, 0.5) is 34.8 Å². The van der Waals surface area contributed by atoms with Crippen LogP contribution in [-0.4, -0.2) is 40.3 Å². The summed E-state index contributed by atoms with van der Waals surface area (Å²) in [6, 6.07) is 10.6. The molecule has 0 aliphatic heterocycles. The van der Waals surface area contributed by atoms with Crippen LogP contribution in [0.1, 0.15) is 28.8 Å². The molecule has 0 saturated carbocycles. The Hall–Kier alpha value is -4.35. The molecule has 4 aromatic rings. The number of anilines is 3. The van der Waals surface area contributed by atoms with E-state index in [4.69, 9.17) is 10.5 Å². The minimum atomic E-state index is -4.25. The van der Waals surface area contributed by atoms with E-state index < -0.39 is 24.3 Å². The third-order valence-electron chi connectivity index (χ3n) is 5.63. The molecular formula is C25H24F4N6O2. The summed E-state index contributed by atoms with van der Waals surface area (Å²) in [6.07, 6.45) is -3.74. The number of alkyl halides is 3. The number of fused-ring (bicyclic) bond motifs is 1. The van der Waals surface area contributed by atoms with Gasteiger partial charge < -0.3 is 21.1 Å². The number of primary amides is 1. The molecule has 4 N–H and O–H groups in total. The first-order valence-corrected chi connectivity index (χ1v) is 11.3. The maximum Gasteiger partial charge on any atom is 0.389 e. The van der Waals surface area contributed by atoms with E-state index >= 15 is 0 Å². The highest BCUT2D eigenvalue weighted by Crippen LogP contribution is 2.31. The van der Waals surface area contributed by atoms with Crippen LogP contribution in [0, 0.1) is 12.7 Å². The lowest BCUT2D eigenvalue weighted by molar-refractivity contribution is -0.134. The summed E-state index contributed by atoms with van der Waals surface area (Å²) >= 11 is 0. The Morgan fingerprint density at radius 3 is 2.59 bits per heavy atom. The summed E-state index contributed by atoms with van der Waals surface area (Å²) in [4.78, 5) is 16.1. The van der Waals surface area contributed by atoms with Gasteiger partial charge in [0.05, 0.1) is 30.4 Å². The van der Waals surface area contributed by atoms with Crippen molar-refractivity contribution in [3.8, 4) is 17.0 Å². The number of halogens is 4. The number of carbonyl (C=O) groups is 1. The van der Waals surface area contributed by atoms with Gasteiger partial charge in [-0.15, -0.1) is 5.10 Å². The van der Waals surface area contributed by atoms with E-state index in [0.29, 0.717) is 45.2 Å². The van der Waals surface area contributed by atoms with Gasteiger partial charge >= 0.3 is 6.18 Å². The Kier molecular flexibility index (Phi) is 7.18. The minimum absolute atomic E-state index is 0.0487. The van der Waals surface area contributed by atoms with Crippen molar-refractivity contribution < 1.29 is 27.1 Å². The molecule has 0 saturated heterocycles. The lowest BCUT2D eigenvalue weighted by Gasteiger charge is -2.14. The number of hydrogen-bond acceptors (Lipinski definition) is 6. The van der Waals surface area contributed by atoms with Crippen LogP contribution in [0.15, 0.2) is 48.7 Å². The number of methoxy groups -OCH3 is 1. The molecule has 0 aliphatic rings. The van der Waals surface area contributed by atoms with Gasteiger partial charge in [0, 0.05) is 36.2 Å². The molecular weight excluding hydrogens is 492 g/mol. The zero-order valence-corrected chi connectivity index (χ0v) is 20.0. The van der Waals surface area contributed by atoms with E-state index in [1.165, 1.54) is 29.8 Å². The first-order valence-electron chi connectivity index (χ1n) is 11.3. The molecule has 0 unspecified atom stereocenters. The number of benzene rings is 2. The molecule has 2 aromatic heterocycles. The van der Waals surface area contributed by atoms with Crippen LogP contribution in [0.3, 0.4) is 0 Å². The Balaban J connectivity index is 1.76. The van der Waals surface area contributed by atoms with Crippen LogP contribution < -0.4 is 21.1 Å². The number of carbonyl (C=O) groups excluding carboxylic acids is 1. The molecule has 37 heavy (non-hydrogen) atoms. The fourth-order valence-electron chi connectivity index (χ4n) is 3.87. The van der Waals surface area contributed by atoms with Crippen molar-refractivity contribution in [1.29, 1.82) is 0 Å². The van der Waals surface area contributed by atoms with Gasteiger partial charge in [-0.25, -0.2) is 13.9 Å². The third kappa shape index (κ3) is 5.90. The number of imidazole rings is 1. The predicted octanol–water partition coefficient (Wildman–Crippen LogP) is 5.45. The number of rotatable bonds is 9. The second kappa shape index (κ2) is 10.3. The van der Waals surface area contributed by atoms with Gasteiger partial charge in [-0.2, -0.15) is 13.2 Å². The molecule has 0 aliphatic carbocycles. The van der Waals surface area contributed by atoms with Crippen LogP contribution in [-0.2, 0) is 0 Å². The number of hydrogen-bond donors (Lipinski definition) is 3. The summed E-state index contributed by atoms with van der Waals surface area (Å²) in [5, 5.41) is 10.7. The van der Waals surface area contributed by atoms with Crippen molar-refractivity contribution in [2.24, 2.45) is 5.73 Å². The zero-order chi connectivity index (χ0) is 26.7. The monoisotopic (exact) mass is 516 g/mol. The van der Waals surface area contributed by atoms with Crippen LogP contribution in [0.25, 0.3) is 16.9 Å². The van der Waals surface area contributed by atoms with Crippen molar-refractivity contribution in [2.45, 2.75) is 25.9 Å². The van der Waals surface area contributed by atoms with Crippen molar-refractivity contribution in [2.75, 3.05) is 24.3 Å². The lowest BCUT2D eigenvalue weighted by Crippen LogP contribution is -2.13. The fourth-order valence-corrected chi connectivity index (χ4v) is 3.87. The number of nitrogens with two attached hydrogens (primary N) is 1. The molecule has 0 fully saturated rings. The number of ether oxygens (including phenoxy) is 1. The summed E-state index contributed by atoms with van der Waals surface area (Å²) in [5.74, 6) is -0.486. The van der Waals surface area contributed by atoms with E-state index in [1.807, 2.05) is 0 Å². The highest BCUT2D eigenvalue weighted by Gasteiger charge is 2.26. The van der Waals surface area contributed by atoms with Crippen molar-refractivity contribution in [3.05, 3.63) is 65.6 Å². The molecule has 2 heterocycles. The maximum atomic E-state index is 13.7. The molecule has 8 nitrogen and oxygen atoms in total. The summed E-state index contributed by atoms with van der Waals surface area (Å²) in [6.45, 7) is 1.80. The van der Waals surface area contributed by atoms with Gasteiger partial charge in [0.2, 0.25) is 5.91 Å². The summed E-state index contributed by atoms with van der Waals surface area (Å²) in [5.41, 5.74) is 8.98. The number of amides is 1. The standard InChI is InChI=1S/C25H24F4N6O2/c1-14-10-15(4-6-17(14)23(30)36)20-13-32-24-19(31-9-3-8-25(27,28)29)12-22(34-35(20)24)33-18-7-5-16(26)11-21(18)37-2/h4-7,10-13,31H,3,8-9H2,1-2H3,(H2,30,36)(H,33,34). The smallest absolute Gasteiger partial charge is 0.389 e. The largest absolute Gasteiger partial charge is 0.494 e. The van der Waals surface area contributed by atoms with Gasteiger partial charge in [0.25, 0.3) is 0 Å². The van der Waals surface area contributed by atoms with Crippen LogP contribution in [0.2, 0.25) is 0 Å². The number of aromatic nitrogens is 3. The second-order valence-electron chi connectivity index (χ2n) is 8.33. The number of nitrogens with one attached hydrogen (secondary N) is 2. The van der Waals surface area contributed by atoms with Gasteiger partial charge in [0.1, 0.15) is 11.6 Å².